The van der Waals surface area contributed by atoms with Gasteiger partial charge in [-0.2, -0.15) is 0 Å². The van der Waals surface area contributed by atoms with Crippen molar-refractivity contribution < 1.29 is 14.3 Å². The van der Waals surface area contributed by atoms with Gasteiger partial charge in [0, 0.05) is 31.7 Å². The Morgan fingerprint density at radius 1 is 1.20 bits per heavy atom. The van der Waals surface area contributed by atoms with Crippen molar-refractivity contribution in [3.63, 3.8) is 0 Å². The Balaban J connectivity index is 1.79. The van der Waals surface area contributed by atoms with Crippen LogP contribution >= 0.6 is 0 Å². The third-order valence-electron chi connectivity index (χ3n) is 3.24. The van der Waals surface area contributed by atoms with Crippen molar-refractivity contribution in [2.45, 2.75) is 0 Å². The second-order valence-electron chi connectivity index (χ2n) is 4.62. The van der Waals surface area contributed by atoms with Crippen LogP contribution in [0.3, 0.4) is 0 Å². The van der Waals surface area contributed by atoms with Gasteiger partial charge in [-0.25, -0.2) is 4.39 Å². The molecule has 1 amide bonds. The molecule has 1 aromatic carbocycles. The van der Waals surface area contributed by atoms with Crippen molar-refractivity contribution in [2.75, 3.05) is 39.3 Å². The smallest absolute Gasteiger partial charge is 0.248 e. The van der Waals surface area contributed by atoms with E-state index in [4.69, 9.17) is 5.11 Å². The number of carbonyl (C=O) groups excluding carboxylic acids is 1. The van der Waals surface area contributed by atoms with E-state index in [1.807, 2.05) is 0 Å². The van der Waals surface area contributed by atoms with Gasteiger partial charge in [-0.3, -0.25) is 9.69 Å². The van der Waals surface area contributed by atoms with E-state index in [1.54, 1.807) is 17.0 Å². The van der Waals surface area contributed by atoms with Gasteiger partial charge in [0.25, 0.3) is 0 Å². The molecular weight excluding hydrogens is 259 g/mol. The molecular formula is C15H17FN2O2. The Bertz CT molecular complexity index is 511. The first-order valence-corrected chi connectivity index (χ1v) is 6.54. The zero-order valence-electron chi connectivity index (χ0n) is 11.2. The van der Waals surface area contributed by atoms with Crippen molar-refractivity contribution in [2.24, 2.45) is 0 Å². The van der Waals surface area contributed by atoms with E-state index >= 15 is 0 Å². The van der Waals surface area contributed by atoms with Crippen molar-refractivity contribution in [3.05, 3.63) is 35.6 Å². The lowest BCUT2D eigenvalue weighted by molar-refractivity contribution is -0.135. The molecule has 2 rings (SSSR count). The molecule has 1 heterocycles. The highest BCUT2D eigenvalue weighted by atomic mass is 19.1. The summed E-state index contributed by atoms with van der Waals surface area (Å²) in [7, 11) is 0. The standard InChI is InChI=1S/C15H17FN2O2/c16-14-5-3-13(4-6-14)2-1-7-17-8-10-18(11-9-17)15(20)12-19/h3-6,19H,7-12H2. The van der Waals surface area contributed by atoms with Crippen molar-refractivity contribution in [3.8, 4) is 11.8 Å². The third-order valence-corrected chi connectivity index (χ3v) is 3.24. The minimum Gasteiger partial charge on any atom is -0.387 e. The lowest BCUT2D eigenvalue weighted by atomic mass is 10.2. The first-order valence-electron chi connectivity index (χ1n) is 6.54. The Labute approximate surface area is 117 Å². The lowest BCUT2D eigenvalue weighted by Crippen LogP contribution is -2.49. The quantitative estimate of drug-likeness (QED) is 0.791. The maximum atomic E-state index is 12.7. The van der Waals surface area contributed by atoms with Crippen LogP contribution in [0.1, 0.15) is 5.56 Å². The predicted octanol–water partition coefficient (Wildman–Crippen LogP) is 0.314. The summed E-state index contributed by atoms with van der Waals surface area (Å²) in [5.74, 6) is 5.55. The normalized spacial score (nSPS) is 15.6. The molecule has 20 heavy (non-hydrogen) atoms. The zero-order chi connectivity index (χ0) is 14.4. The number of rotatable bonds is 2. The molecule has 106 valence electrons. The zero-order valence-corrected chi connectivity index (χ0v) is 11.2. The van der Waals surface area contributed by atoms with Crippen LogP contribution in [0.25, 0.3) is 0 Å². The van der Waals surface area contributed by atoms with Gasteiger partial charge in [0.1, 0.15) is 12.4 Å². The highest BCUT2D eigenvalue weighted by Crippen LogP contribution is 2.02. The lowest BCUT2D eigenvalue weighted by Gasteiger charge is -2.33. The summed E-state index contributed by atoms with van der Waals surface area (Å²) in [5.41, 5.74) is 0.792. The minimum atomic E-state index is -0.426. The topological polar surface area (TPSA) is 43.8 Å². The minimum absolute atomic E-state index is 0.220. The van der Waals surface area contributed by atoms with E-state index in [1.165, 1.54) is 12.1 Å². The fraction of sp³-hybridized carbons (Fsp3) is 0.400. The summed E-state index contributed by atoms with van der Waals surface area (Å²) in [6.45, 7) is 2.95. The van der Waals surface area contributed by atoms with Crippen LogP contribution in [-0.2, 0) is 4.79 Å². The molecule has 4 nitrogen and oxygen atoms in total. The van der Waals surface area contributed by atoms with Gasteiger partial charge >= 0.3 is 0 Å². The average Bonchev–Trinajstić information content (AvgIpc) is 2.49. The van der Waals surface area contributed by atoms with Crippen LogP contribution < -0.4 is 0 Å². The molecule has 0 aromatic heterocycles. The van der Waals surface area contributed by atoms with E-state index in [2.05, 4.69) is 16.7 Å². The molecule has 0 aliphatic carbocycles. The van der Waals surface area contributed by atoms with E-state index < -0.39 is 6.61 Å². The molecule has 0 saturated carbocycles. The molecule has 1 saturated heterocycles. The number of hydrogen-bond acceptors (Lipinski definition) is 3. The van der Waals surface area contributed by atoms with Gasteiger partial charge in [0.05, 0.1) is 6.54 Å². The molecule has 0 unspecified atom stereocenters. The predicted molar refractivity (Wildman–Crippen MR) is 73.4 cm³/mol. The van der Waals surface area contributed by atoms with E-state index in [0.717, 1.165) is 18.7 Å². The summed E-state index contributed by atoms with van der Waals surface area (Å²) < 4.78 is 12.7. The summed E-state index contributed by atoms with van der Waals surface area (Å²) in [6.07, 6.45) is 0. The Hall–Kier alpha value is -1.90. The molecule has 1 aromatic rings. The molecule has 0 bridgehead atoms. The largest absolute Gasteiger partial charge is 0.387 e. The van der Waals surface area contributed by atoms with E-state index in [-0.39, 0.29) is 11.7 Å². The van der Waals surface area contributed by atoms with Crippen molar-refractivity contribution in [1.82, 2.24) is 9.80 Å². The number of hydrogen-bond donors (Lipinski definition) is 1. The second-order valence-corrected chi connectivity index (χ2v) is 4.62. The summed E-state index contributed by atoms with van der Waals surface area (Å²) in [5, 5.41) is 8.79. The van der Waals surface area contributed by atoms with E-state index in [0.29, 0.717) is 19.6 Å². The van der Waals surface area contributed by atoms with Crippen molar-refractivity contribution in [1.29, 1.82) is 0 Å². The summed E-state index contributed by atoms with van der Waals surface area (Å²) in [4.78, 5) is 15.1. The first kappa shape index (κ1) is 14.5. The average molecular weight is 276 g/mol. The SMILES string of the molecule is O=C(CO)N1CCN(CC#Cc2ccc(F)cc2)CC1. The van der Waals surface area contributed by atoms with Gasteiger partial charge in [-0.05, 0) is 24.3 Å². The fourth-order valence-electron chi connectivity index (χ4n) is 2.04. The molecule has 1 fully saturated rings. The summed E-state index contributed by atoms with van der Waals surface area (Å²) >= 11 is 0. The molecule has 0 radical (unpaired) electrons. The monoisotopic (exact) mass is 276 g/mol. The van der Waals surface area contributed by atoms with Crippen molar-refractivity contribution >= 4 is 5.91 Å². The van der Waals surface area contributed by atoms with Gasteiger partial charge in [0.15, 0.2) is 0 Å². The molecule has 0 atom stereocenters. The molecule has 1 aliphatic heterocycles. The summed E-state index contributed by atoms with van der Waals surface area (Å²) in [6, 6.07) is 6.09. The third kappa shape index (κ3) is 4.05. The van der Waals surface area contributed by atoms with Crippen LogP contribution in [0.2, 0.25) is 0 Å². The molecule has 5 heteroatoms. The maximum Gasteiger partial charge on any atom is 0.248 e. The molecule has 1 aliphatic rings. The number of benzene rings is 1. The molecule has 1 N–H and O–H groups in total. The highest BCUT2D eigenvalue weighted by Gasteiger charge is 2.19. The van der Waals surface area contributed by atoms with Gasteiger partial charge in [0.2, 0.25) is 5.91 Å². The number of halogens is 1. The van der Waals surface area contributed by atoms with E-state index in [9.17, 15) is 9.18 Å². The van der Waals surface area contributed by atoms with Gasteiger partial charge < -0.3 is 10.0 Å². The number of piperazine rings is 1. The number of amides is 1. The Morgan fingerprint density at radius 3 is 2.45 bits per heavy atom. The maximum absolute atomic E-state index is 12.7. The Kier molecular flexibility index (Phi) is 5.10. The highest BCUT2D eigenvalue weighted by molar-refractivity contribution is 5.77. The van der Waals surface area contributed by atoms with Gasteiger partial charge in [-0.15, -0.1) is 0 Å². The number of aliphatic hydroxyl groups is 1. The second kappa shape index (κ2) is 7.04. The number of aliphatic hydroxyl groups excluding tert-OH is 1. The number of carbonyl (C=O) groups is 1. The van der Waals surface area contributed by atoms with Crippen LogP contribution in [0.4, 0.5) is 4.39 Å². The van der Waals surface area contributed by atoms with Crippen LogP contribution in [-0.4, -0.2) is 60.1 Å². The molecule has 0 spiro atoms. The van der Waals surface area contributed by atoms with Gasteiger partial charge in [-0.1, -0.05) is 11.8 Å². The number of nitrogens with zero attached hydrogens (tertiary/aromatic N) is 2. The first-order chi connectivity index (χ1) is 9.69. The van der Waals surface area contributed by atoms with Crippen LogP contribution in [0.5, 0.6) is 0 Å². The van der Waals surface area contributed by atoms with Crippen LogP contribution in [0.15, 0.2) is 24.3 Å². The van der Waals surface area contributed by atoms with Crippen LogP contribution in [0, 0.1) is 17.7 Å². The fourth-order valence-corrected chi connectivity index (χ4v) is 2.04. The Morgan fingerprint density at radius 2 is 1.85 bits per heavy atom.